The van der Waals surface area contributed by atoms with Gasteiger partial charge in [-0.3, -0.25) is 14.8 Å². The molecule has 5 atom stereocenters. The second-order valence-electron chi connectivity index (χ2n) is 9.15. The molecule has 0 aromatic carbocycles. The predicted octanol–water partition coefficient (Wildman–Crippen LogP) is 4.08. The molecule has 0 aliphatic heterocycles. The number of carboxylic acids is 1. The van der Waals surface area contributed by atoms with Crippen LogP contribution < -0.4 is 0 Å². The van der Waals surface area contributed by atoms with Gasteiger partial charge in [0.1, 0.15) is 5.60 Å². The molecule has 2 N–H and O–H groups in total. The summed E-state index contributed by atoms with van der Waals surface area (Å²) in [6.45, 7) is 7.95. The molecule has 5 heteroatoms. The van der Waals surface area contributed by atoms with Crippen LogP contribution in [0.25, 0.3) is 0 Å². The molecule has 0 aromatic rings. The van der Waals surface area contributed by atoms with Crippen LogP contribution in [-0.4, -0.2) is 27.7 Å². The lowest BCUT2D eigenvalue weighted by molar-refractivity contribution is -0.323. The minimum Gasteiger partial charge on any atom is -0.481 e. The average molecular weight is 350 g/mol. The lowest BCUT2D eigenvalue weighted by atomic mass is 9.45. The molecule has 0 spiro atoms. The summed E-state index contributed by atoms with van der Waals surface area (Å²) in [6, 6.07) is 0. The van der Waals surface area contributed by atoms with Crippen molar-refractivity contribution in [2.45, 2.75) is 71.8 Å². The lowest BCUT2D eigenvalue weighted by Gasteiger charge is -2.58. The predicted molar refractivity (Wildman–Crippen MR) is 92.9 cm³/mol. The second kappa shape index (κ2) is 5.92. The first-order chi connectivity index (χ1) is 11.6. The van der Waals surface area contributed by atoms with Gasteiger partial charge in [0.25, 0.3) is 0 Å². The molecule has 3 aliphatic carbocycles. The maximum absolute atomic E-state index is 13.0. The van der Waals surface area contributed by atoms with Crippen LogP contribution in [0.2, 0.25) is 0 Å². The van der Waals surface area contributed by atoms with Gasteiger partial charge >= 0.3 is 5.97 Å². The van der Waals surface area contributed by atoms with Crippen molar-refractivity contribution in [3.05, 3.63) is 11.6 Å². The Hall–Kier alpha value is -1.20. The Morgan fingerprint density at radius 2 is 1.96 bits per heavy atom. The summed E-state index contributed by atoms with van der Waals surface area (Å²) in [4.78, 5) is 29.8. The van der Waals surface area contributed by atoms with Crippen LogP contribution in [0.1, 0.15) is 66.2 Å². The Labute approximate surface area is 149 Å². The third-order valence-electron chi connectivity index (χ3n) is 7.72. The van der Waals surface area contributed by atoms with E-state index in [1.54, 1.807) is 0 Å². The Morgan fingerprint density at radius 3 is 2.52 bits per heavy atom. The Balaban J connectivity index is 2.06. The van der Waals surface area contributed by atoms with E-state index < -0.39 is 17.0 Å². The summed E-state index contributed by atoms with van der Waals surface area (Å²) in [5.41, 5.74) is -1.09. The summed E-state index contributed by atoms with van der Waals surface area (Å²) in [6.07, 6.45) is 5.98. The van der Waals surface area contributed by atoms with Crippen molar-refractivity contribution in [2.75, 3.05) is 0 Å². The van der Waals surface area contributed by atoms with Crippen LogP contribution in [0.4, 0.5) is 0 Å². The van der Waals surface area contributed by atoms with Gasteiger partial charge in [0.15, 0.2) is 5.78 Å². The van der Waals surface area contributed by atoms with Crippen LogP contribution in [0, 0.1) is 28.6 Å². The van der Waals surface area contributed by atoms with E-state index in [9.17, 15) is 20.0 Å². The van der Waals surface area contributed by atoms with E-state index in [0.717, 1.165) is 24.8 Å². The molecule has 3 aliphatic rings. The lowest BCUT2D eigenvalue weighted by Crippen LogP contribution is -2.57. The largest absolute Gasteiger partial charge is 0.481 e. The number of carboxylic acid groups (broad SMARTS) is 1. The van der Waals surface area contributed by atoms with E-state index in [1.165, 1.54) is 0 Å². The van der Waals surface area contributed by atoms with Crippen molar-refractivity contribution < 1.29 is 24.8 Å². The zero-order valence-electron chi connectivity index (χ0n) is 15.7. The van der Waals surface area contributed by atoms with Crippen molar-refractivity contribution in [1.82, 2.24) is 0 Å². The molecule has 0 amide bonds. The molecule has 5 unspecified atom stereocenters. The summed E-state index contributed by atoms with van der Waals surface area (Å²) in [5.74, 6) is -0.777. The van der Waals surface area contributed by atoms with Gasteiger partial charge in [0.2, 0.25) is 0 Å². The summed E-state index contributed by atoms with van der Waals surface area (Å²) < 4.78 is 0. The van der Waals surface area contributed by atoms with E-state index in [-0.39, 0.29) is 35.4 Å². The molecule has 3 rings (SSSR count). The van der Waals surface area contributed by atoms with Gasteiger partial charge in [-0.1, -0.05) is 27.2 Å². The summed E-state index contributed by atoms with van der Waals surface area (Å²) >= 11 is 0. The van der Waals surface area contributed by atoms with E-state index in [0.29, 0.717) is 12.8 Å². The third-order valence-corrected chi connectivity index (χ3v) is 7.72. The van der Waals surface area contributed by atoms with Crippen molar-refractivity contribution in [3.63, 3.8) is 0 Å². The van der Waals surface area contributed by atoms with Crippen LogP contribution in [0.15, 0.2) is 11.6 Å². The fraction of sp³-hybridized carbons (Fsp3) is 0.800. The maximum Gasteiger partial charge on any atom is 0.309 e. The number of ketones is 1. The number of carbonyl (C=O) groups is 2. The van der Waals surface area contributed by atoms with Gasteiger partial charge in [-0.05, 0) is 67.4 Å². The normalized spacial score (nSPS) is 44.1. The number of Topliss-reactive ketones (excluding diaryl/α,β-unsaturated/α-hetero) is 1. The summed E-state index contributed by atoms with van der Waals surface area (Å²) in [5, 5.41) is 19.4. The van der Waals surface area contributed by atoms with E-state index in [4.69, 9.17) is 4.89 Å². The van der Waals surface area contributed by atoms with Crippen molar-refractivity contribution in [2.24, 2.45) is 28.6 Å². The third kappa shape index (κ3) is 2.50. The molecule has 0 radical (unpaired) electrons. The molecule has 25 heavy (non-hydrogen) atoms. The van der Waals surface area contributed by atoms with Gasteiger partial charge in [0, 0.05) is 6.42 Å². The van der Waals surface area contributed by atoms with Gasteiger partial charge in [-0.2, -0.15) is 0 Å². The number of rotatable bonds is 3. The fourth-order valence-corrected chi connectivity index (χ4v) is 5.90. The quantitative estimate of drug-likeness (QED) is 0.592. The average Bonchev–Trinajstić information content (AvgIpc) is 2.56. The minimum absolute atomic E-state index is 0.0311. The Bertz CT molecular complexity index is 624. The first-order valence-corrected chi connectivity index (χ1v) is 9.42. The van der Waals surface area contributed by atoms with E-state index in [2.05, 4.69) is 6.92 Å². The highest BCUT2D eigenvalue weighted by Gasteiger charge is 2.61. The van der Waals surface area contributed by atoms with Crippen molar-refractivity contribution in [1.29, 1.82) is 0 Å². The first-order valence-electron chi connectivity index (χ1n) is 9.42. The Kier molecular flexibility index (Phi) is 4.40. The van der Waals surface area contributed by atoms with E-state index in [1.807, 2.05) is 26.8 Å². The van der Waals surface area contributed by atoms with Crippen molar-refractivity contribution in [3.8, 4) is 0 Å². The van der Waals surface area contributed by atoms with E-state index >= 15 is 0 Å². The second-order valence-corrected chi connectivity index (χ2v) is 9.15. The molecular formula is C20H30O5. The SMILES string of the molecule is CC(C)C1(OO)C=C2C(=O)CC3C(C)(C(=O)O)CCCC3(C)C2CC1. The van der Waals surface area contributed by atoms with Crippen LogP contribution in [-0.2, 0) is 14.5 Å². The highest BCUT2D eigenvalue weighted by molar-refractivity contribution is 5.98. The van der Waals surface area contributed by atoms with Crippen molar-refractivity contribution >= 4 is 11.8 Å². The minimum atomic E-state index is -0.839. The monoisotopic (exact) mass is 350 g/mol. The smallest absolute Gasteiger partial charge is 0.309 e. The molecule has 140 valence electrons. The molecular weight excluding hydrogens is 320 g/mol. The standard InChI is InChI=1S/C20H30O5/c1-12(2)20(25-24)9-6-14-13(11-20)15(21)10-16-18(14,3)7-5-8-19(16,4)17(22)23/h11-12,14,16,24H,5-10H2,1-4H3,(H,22,23). The molecule has 0 heterocycles. The van der Waals surface area contributed by atoms with Crippen LogP contribution in [0.3, 0.4) is 0 Å². The molecule has 0 bridgehead atoms. The number of fused-ring (bicyclic) bond motifs is 3. The van der Waals surface area contributed by atoms with Gasteiger partial charge < -0.3 is 5.11 Å². The zero-order valence-corrected chi connectivity index (χ0v) is 15.7. The first kappa shape index (κ1) is 18.6. The number of allylic oxidation sites excluding steroid dienone is 1. The highest BCUT2D eigenvalue weighted by atomic mass is 17.1. The number of hydrogen-bond donors (Lipinski definition) is 2. The maximum atomic E-state index is 13.0. The number of aliphatic carboxylic acids is 1. The molecule has 0 aromatic heterocycles. The molecule has 0 saturated heterocycles. The zero-order chi connectivity index (χ0) is 18.6. The fourth-order valence-electron chi connectivity index (χ4n) is 5.90. The Morgan fingerprint density at radius 1 is 1.28 bits per heavy atom. The number of hydrogen-bond acceptors (Lipinski definition) is 4. The molecule has 5 nitrogen and oxygen atoms in total. The van der Waals surface area contributed by atoms with Crippen LogP contribution >= 0.6 is 0 Å². The molecule has 2 saturated carbocycles. The topological polar surface area (TPSA) is 83.8 Å². The van der Waals surface area contributed by atoms with Crippen LogP contribution in [0.5, 0.6) is 0 Å². The van der Waals surface area contributed by atoms with Gasteiger partial charge in [-0.25, -0.2) is 4.89 Å². The van der Waals surface area contributed by atoms with Gasteiger partial charge in [-0.15, -0.1) is 0 Å². The van der Waals surface area contributed by atoms with Gasteiger partial charge in [0.05, 0.1) is 5.41 Å². The number of carbonyl (C=O) groups excluding carboxylic acids is 1. The highest BCUT2D eigenvalue weighted by Crippen LogP contribution is 2.63. The summed E-state index contributed by atoms with van der Waals surface area (Å²) in [7, 11) is 0. The molecule has 2 fully saturated rings.